The van der Waals surface area contributed by atoms with Crippen LogP contribution in [0.25, 0.3) is 0 Å². The van der Waals surface area contributed by atoms with E-state index in [1.165, 1.54) is 0 Å². The fraction of sp³-hybridized carbons (Fsp3) is 0.458. The van der Waals surface area contributed by atoms with Gasteiger partial charge in [0.15, 0.2) is 11.9 Å². The number of ether oxygens (including phenoxy) is 1. The molecule has 0 radical (unpaired) electrons. The van der Waals surface area contributed by atoms with E-state index in [0.29, 0.717) is 30.8 Å². The van der Waals surface area contributed by atoms with E-state index in [-0.39, 0.29) is 12.5 Å². The Morgan fingerprint density at radius 3 is 2.79 bits per heavy atom. The Hall–Kier alpha value is -3.39. The molecule has 1 fully saturated rings. The lowest BCUT2D eigenvalue weighted by Gasteiger charge is -2.27. The van der Waals surface area contributed by atoms with Crippen molar-refractivity contribution in [2.45, 2.75) is 31.3 Å². The second-order valence-corrected chi connectivity index (χ2v) is 8.81. The van der Waals surface area contributed by atoms with Gasteiger partial charge in [-0.3, -0.25) is 14.6 Å². The molecule has 2 amide bonds. The predicted octanol–water partition coefficient (Wildman–Crippen LogP) is -0.384. The van der Waals surface area contributed by atoms with Crippen LogP contribution in [0.1, 0.15) is 28.8 Å². The van der Waals surface area contributed by atoms with Crippen molar-refractivity contribution < 1.29 is 19.4 Å². The van der Waals surface area contributed by atoms with Crippen LogP contribution in [0.4, 0.5) is 0 Å². The summed E-state index contributed by atoms with van der Waals surface area (Å²) < 4.78 is 5.23. The molecule has 0 aliphatic carbocycles. The van der Waals surface area contributed by atoms with E-state index in [2.05, 4.69) is 37.7 Å². The molecule has 2 atom stereocenters. The lowest BCUT2D eigenvalue weighted by molar-refractivity contribution is -0.123. The van der Waals surface area contributed by atoms with Crippen LogP contribution in [0.2, 0.25) is 0 Å². The summed E-state index contributed by atoms with van der Waals surface area (Å²) in [6, 6.07) is 5.34. The van der Waals surface area contributed by atoms with Crippen LogP contribution in [0.5, 0.6) is 5.75 Å². The van der Waals surface area contributed by atoms with Crippen LogP contribution in [-0.4, -0.2) is 85.3 Å². The number of aliphatic imine (C=N–C) groups is 1. The highest BCUT2D eigenvalue weighted by atomic mass is 16.5. The van der Waals surface area contributed by atoms with Gasteiger partial charge in [-0.1, -0.05) is 17.9 Å². The maximum atomic E-state index is 13.0. The lowest BCUT2D eigenvalue weighted by atomic mass is 9.98. The number of amides is 2. The molecular weight excluding hydrogens is 436 g/mol. The van der Waals surface area contributed by atoms with Crippen molar-refractivity contribution in [2.24, 2.45) is 4.99 Å². The number of fused-ring (bicyclic) bond motifs is 1. The Bertz CT molecular complexity index is 1100. The largest absolute Gasteiger partial charge is 0.497 e. The first-order valence-corrected chi connectivity index (χ1v) is 11.2. The molecule has 180 valence electrons. The molecule has 3 aliphatic rings. The molecule has 34 heavy (non-hydrogen) atoms. The standard InChI is InChI=1S/C24H30N6O4/c1-29(2)11-10-25-20-7-4-16(13-26-20)8-9-24(22(32)27-23(33)28-24)15-30-14-17-5-6-18(34-3)12-19(17)21(30)31/h5-6,12-13,23,28,33H,4,7,10-11,14-15H2,1-3H3,(H,25,26)(H,27,32). The van der Waals surface area contributed by atoms with Gasteiger partial charge in [0.2, 0.25) is 0 Å². The number of allylic oxidation sites excluding steroid dienone is 1. The first-order valence-electron chi connectivity index (χ1n) is 11.2. The van der Waals surface area contributed by atoms with Crippen LogP contribution in [0, 0.1) is 11.8 Å². The Morgan fingerprint density at radius 2 is 2.15 bits per heavy atom. The van der Waals surface area contributed by atoms with Crippen molar-refractivity contribution in [1.29, 1.82) is 0 Å². The Balaban J connectivity index is 1.50. The number of hydrogen-bond acceptors (Lipinski definition) is 7. The van der Waals surface area contributed by atoms with Gasteiger partial charge in [0.1, 0.15) is 11.6 Å². The zero-order valence-electron chi connectivity index (χ0n) is 19.6. The number of nitrogens with zero attached hydrogens (tertiary/aromatic N) is 3. The first-order chi connectivity index (χ1) is 16.3. The van der Waals surface area contributed by atoms with Gasteiger partial charge in [-0.2, -0.15) is 0 Å². The van der Waals surface area contributed by atoms with Gasteiger partial charge in [0.25, 0.3) is 11.8 Å². The lowest BCUT2D eigenvalue weighted by Crippen LogP contribution is -2.55. The molecule has 3 heterocycles. The Kier molecular flexibility index (Phi) is 6.88. The number of likely N-dealkylation sites (N-methyl/N-ethyl adjacent to an activating group) is 1. The number of carbonyl (C=O) groups is 2. The van der Waals surface area contributed by atoms with Crippen LogP contribution < -0.4 is 20.7 Å². The molecule has 1 aromatic carbocycles. The summed E-state index contributed by atoms with van der Waals surface area (Å²) in [4.78, 5) is 34.0. The van der Waals surface area contributed by atoms with Crippen molar-refractivity contribution in [3.63, 3.8) is 0 Å². The normalized spacial score (nSPS) is 25.0. The number of aliphatic hydroxyl groups excluding tert-OH is 1. The molecule has 0 aromatic heterocycles. The molecule has 0 saturated carbocycles. The van der Waals surface area contributed by atoms with E-state index in [9.17, 15) is 14.7 Å². The average Bonchev–Trinajstić information content (AvgIpc) is 3.27. The van der Waals surface area contributed by atoms with Crippen LogP contribution in [0.3, 0.4) is 0 Å². The van der Waals surface area contributed by atoms with Gasteiger partial charge < -0.3 is 30.3 Å². The highest BCUT2D eigenvalue weighted by molar-refractivity contribution is 6.00. The number of benzene rings is 1. The number of methoxy groups -OCH3 is 1. The quantitative estimate of drug-likeness (QED) is 0.422. The number of hydrogen-bond donors (Lipinski definition) is 4. The van der Waals surface area contributed by atoms with E-state index in [4.69, 9.17) is 4.74 Å². The minimum Gasteiger partial charge on any atom is -0.497 e. The molecule has 4 rings (SSSR count). The SMILES string of the molecule is COc1ccc2c(c1)C(=O)N(CC1(C#CC3=CNC(=NCCN(C)C)CC3)NC(O)NC1=O)C2. The molecule has 1 aromatic rings. The molecule has 4 N–H and O–H groups in total. The van der Waals surface area contributed by atoms with Gasteiger partial charge in [-0.05, 0) is 38.2 Å². The predicted molar refractivity (Wildman–Crippen MR) is 127 cm³/mol. The highest BCUT2D eigenvalue weighted by Crippen LogP contribution is 2.28. The summed E-state index contributed by atoms with van der Waals surface area (Å²) in [6.07, 6.45) is 1.97. The number of aliphatic hydroxyl groups is 1. The summed E-state index contributed by atoms with van der Waals surface area (Å²) in [5, 5.41) is 18.5. The minimum absolute atomic E-state index is 0.00330. The van der Waals surface area contributed by atoms with E-state index in [1.54, 1.807) is 30.3 Å². The van der Waals surface area contributed by atoms with Crippen LogP contribution in [-0.2, 0) is 11.3 Å². The second kappa shape index (κ2) is 9.85. The summed E-state index contributed by atoms with van der Waals surface area (Å²) >= 11 is 0. The van der Waals surface area contributed by atoms with E-state index in [0.717, 1.165) is 29.9 Å². The van der Waals surface area contributed by atoms with Crippen molar-refractivity contribution in [1.82, 2.24) is 25.8 Å². The Morgan fingerprint density at radius 1 is 1.32 bits per heavy atom. The van der Waals surface area contributed by atoms with Gasteiger partial charge in [0.05, 0.1) is 20.2 Å². The van der Waals surface area contributed by atoms with Crippen molar-refractivity contribution in [3.05, 3.63) is 41.1 Å². The van der Waals surface area contributed by atoms with Crippen LogP contribution >= 0.6 is 0 Å². The molecule has 2 unspecified atom stereocenters. The number of nitrogens with one attached hydrogen (secondary N) is 3. The van der Waals surface area contributed by atoms with Crippen molar-refractivity contribution in [2.75, 3.05) is 40.8 Å². The van der Waals surface area contributed by atoms with Crippen molar-refractivity contribution >= 4 is 17.6 Å². The second-order valence-electron chi connectivity index (χ2n) is 8.81. The summed E-state index contributed by atoms with van der Waals surface area (Å²) in [6.45, 7) is 1.94. The summed E-state index contributed by atoms with van der Waals surface area (Å²) in [7, 11) is 5.56. The molecule has 0 bridgehead atoms. The number of rotatable bonds is 6. The van der Waals surface area contributed by atoms with Gasteiger partial charge in [-0.15, -0.1) is 0 Å². The van der Waals surface area contributed by atoms with Gasteiger partial charge in [-0.25, -0.2) is 5.32 Å². The molecule has 10 nitrogen and oxygen atoms in total. The molecular formula is C24H30N6O4. The van der Waals surface area contributed by atoms with Crippen molar-refractivity contribution in [3.8, 4) is 17.6 Å². The summed E-state index contributed by atoms with van der Waals surface area (Å²) in [5.41, 5.74) is 0.791. The third kappa shape index (κ3) is 5.07. The first kappa shape index (κ1) is 23.8. The maximum absolute atomic E-state index is 13.0. The zero-order valence-corrected chi connectivity index (χ0v) is 19.6. The number of carbonyl (C=O) groups excluding carboxylic acids is 2. The molecule has 3 aliphatic heterocycles. The average molecular weight is 467 g/mol. The fourth-order valence-corrected chi connectivity index (χ4v) is 4.08. The monoisotopic (exact) mass is 466 g/mol. The Labute approximate surface area is 199 Å². The third-order valence-corrected chi connectivity index (χ3v) is 5.99. The van der Waals surface area contributed by atoms with E-state index >= 15 is 0 Å². The van der Waals surface area contributed by atoms with E-state index < -0.39 is 17.8 Å². The summed E-state index contributed by atoms with van der Waals surface area (Å²) in [5.74, 6) is 6.91. The molecule has 0 spiro atoms. The van der Waals surface area contributed by atoms with Crippen LogP contribution in [0.15, 0.2) is 35.0 Å². The smallest absolute Gasteiger partial charge is 0.257 e. The zero-order chi connectivity index (χ0) is 24.3. The number of amidine groups is 1. The minimum atomic E-state index is -1.43. The topological polar surface area (TPSA) is 119 Å². The molecule has 10 heteroatoms. The molecule has 1 saturated heterocycles. The van der Waals surface area contributed by atoms with Gasteiger partial charge in [0, 0.05) is 36.8 Å². The third-order valence-electron chi connectivity index (χ3n) is 5.99. The van der Waals surface area contributed by atoms with Gasteiger partial charge >= 0.3 is 0 Å². The highest BCUT2D eigenvalue weighted by Gasteiger charge is 2.48. The van der Waals surface area contributed by atoms with E-state index in [1.807, 2.05) is 20.2 Å². The fourth-order valence-electron chi connectivity index (χ4n) is 4.08. The maximum Gasteiger partial charge on any atom is 0.257 e.